The molecular formula is C14H14N2O4S. The second kappa shape index (κ2) is 5.34. The fraction of sp³-hybridized carbons (Fsp3) is 0.214. The van der Waals surface area contributed by atoms with Crippen molar-refractivity contribution in [2.75, 3.05) is 5.75 Å². The normalized spacial score (nSPS) is 12.0. The fourth-order valence-corrected chi connectivity index (χ4v) is 2.65. The molecule has 0 unspecified atom stereocenters. The second-order valence-corrected chi connectivity index (χ2v) is 6.31. The van der Waals surface area contributed by atoms with Crippen LogP contribution in [0.25, 0.3) is 16.8 Å². The summed E-state index contributed by atoms with van der Waals surface area (Å²) < 4.78 is 37.6. The Morgan fingerprint density at radius 2 is 2.00 bits per heavy atom. The zero-order valence-corrected chi connectivity index (χ0v) is 12.0. The number of aromatic nitrogens is 2. The number of aryl methyl sites for hydroxylation is 1. The summed E-state index contributed by atoms with van der Waals surface area (Å²) in [4.78, 5) is 4.35. The molecule has 6 nitrogen and oxygen atoms in total. The van der Waals surface area contributed by atoms with Gasteiger partial charge in [0.2, 0.25) is 0 Å². The monoisotopic (exact) mass is 306 g/mol. The number of rotatable bonds is 5. The number of nitrogens with zero attached hydrogens (tertiary/aromatic N) is 2. The van der Waals surface area contributed by atoms with Gasteiger partial charge < -0.3 is 8.98 Å². The van der Waals surface area contributed by atoms with E-state index in [0.29, 0.717) is 17.9 Å². The van der Waals surface area contributed by atoms with Gasteiger partial charge in [-0.2, -0.15) is 8.42 Å². The van der Waals surface area contributed by atoms with Crippen LogP contribution in [0.5, 0.6) is 0 Å². The first-order valence-electron chi connectivity index (χ1n) is 6.49. The summed E-state index contributed by atoms with van der Waals surface area (Å²) in [5.74, 6) is 0.179. The first-order valence-corrected chi connectivity index (χ1v) is 8.10. The summed E-state index contributed by atoms with van der Waals surface area (Å²) in [5.41, 5.74) is 2.36. The first-order chi connectivity index (χ1) is 10.0. The largest absolute Gasteiger partial charge is 0.441 e. The average Bonchev–Trinajstić information content (AvgIpc) is 3.05. The van der Waals surface area contributed by atoms with E-state index in [9.17, 15) is 8.42 Å². The van der Waals surface area contributed by atoms with Crippen molar-refractivity contribution in [3.8, 4) is 5.69 Å². The van der Waals surface area contributed by atoms with Gasteiger partial charge >= 0.3 is 0 Å². The second-order valence-electron chi connectivity index (χ2n) is 4.74. The minimum absolute atomic E-state index is 0.274. The van der Waals surface area contributed by atoms with Crippen LogP contribution in [-0.4, -0.2) is 28.3 Å². The highest BCUT2D eigenvalue weighted by Crippen LogP contribution is 2.20. The summed E-state index contributed by atoms with van der Waals surface area (Å²) in [6, 6.07) is 9.55. The maximum atomic E-state index is 10.7. The zero-order valence-electron chi connectivity index (χ0n) is 11.1. The lowest BCUT2D eigenvalue weighted by Crippen LogP contribution is -2.04. The summed E-state index contributed by atoms with van der Waals surface area (Å²) >= 11 is 0. The highest BCUT2D eigenvalue weighted by atomic mass is 32.2. The van der Waals surface area contributed by atoms with Crippen molar-refractivity contribution in [2.45, 2.75) is 12.8 Å². The van der Waals surface area contributed by atoms with E-state index >= 15 is 0 Å². The van der Waals surface area contributed by atoms with E-state index in [1.54, 1.807) is 0 Å². The highest BCUT2D eigenvalue weighted by Gasteiger charge is 2.09. The molecule has 0 aliphatic heterocycles. The highest BCUT2D eigenvalue weighted by molar-refractivity contribution is 7.85. The Balaban J connectivity index is 1.80. The molecule has 21 heavy (non-hydrogen) atoms. The Morgan fingerprint density at radius 3 is 2.71 bits per heavy atom. The van der Waals surface area contributed by atoms with Gasteiger partial charge in [-0.3, -0.25) is 4.55 Å². The van der Waals surface area contributed by atoms with Gasteiger partial charge in [0.15, 0.2) is 11.5 Å². The molecule has 2 aromatic heterocycles. The van der Waals surface area contributed by atoms with E-state index in [0.717, 1.165) is 11.2 Å². The summed E-state index contributed by atoms with van der Waals surface area (Å²) in [6.45, 7) is 0. The molecule has 0 atom stereocenters. The number of hydrogen-bond acceptors (Lipinski definition) is 4. The van der Waals surface area contributed by atoms with Crippen molar-refractivity contribution in [1.82, 2.24) is 9.55 Å². The Kier molecular flexibility index (Phi) is 3.52. The molecule has 0 fully saturated rings. The molecule has 0 bridgehead atoms. The Bertz CT molecular complexity index is 850. The van der Waals surface area contributed by atoms with Gasteiger partial charge in [0.25, 0.3) is 10.1 Å². The Labute approximate surface area is 121 Å². The molecule has 0 aliphatic carbocycles. The van der Waals surface area contributed by atoms with E-state index < -0.39 is 10.1 Å². The van der Waals surface area contributed by atoms with Crippen LogP contribution in [-0.2, 0) is 16.5 Å². The average molecular weight is 306 g/mol. The molecule has 110 valence electrons. The Morgan fingerprint density at radius 1 is 1.24 bits per heavy atom. The van der Waals surface area contributed by atoms with Crippen molar-refractivity contribution < 1.29 is 17.4 Å². The number of fused-ring (bicyclic) bond motifs is 1. The van der Waals surface area contributed by atoms with Gasteiger partial charge in [-0.05, 0) is 36.8 Å². The van der Waals surface area contributed by atoms with Crippen molar-refractivity contribution in [3.63, 3.8) is 0 Å². The van der Waals surface area contributed by atoms with Crippen LogP contribution in [0.15, 0.2) is 47.1 Å². The van der Waals surface area contributed by atoms with Crippen LogP contribution in [0.2, 0.25) is 0 Å². The lowest BCUT2D eigenvalue weighted by molar-refractivity contribution is 0.477. The molecule has 0 amide bonds. The van der Waals surface area contributed by atoms with Crippen molar-refractivity contribution >= 4 is 21.2 Å². The lowest BCUT2D eigenvalue weighted by Gasteiger charge is -2.00. The lowest BCUT2D eigenvalue weighted by atomic mass is 10.3. The standard InChI is InChI=1S/C14H14N2O4S/c17-21(18,19)9-3-4-14-15-12-10-11(5-6-13(12)20-14)16-7-1-2-8-16/h1-2,5-8,10H,3-4,9H2,(H,17,18,19). The van der Waals surface area contributed by atoms with Crippen LogP contribution in [0, 0.1) is 0 Å². The van der Waals surface area contributed by atoms with E-state index in [4.69, 9.17) is 8.97 Å². The molecule has 1 aromatic carbocycles. The van der Waals surface area contributed by atoms with Crippen LogP contribution >= 0.6 is 0 Å². The van der Waals surface area contributed by atoms with E-state index in [1.165, 1.54) is 0 Å². The van der Waals surface area contributed by atoms with Gasteiger partial charge in [-0.25, -0.2) is 4.98 Å². The van der Waals surface area contributed by atoms with Crippen molar-refractivity contribution in [3.05, 3.63) is 48.6 Å². The van der Waals surface area contributed by atoms with E-state index in [1.807, 2.05) is 47.3 Å². The van der Waals surface area contributed by atoms with Crippen LogP contribution in [0.3, 0.4) is 0 Å². The number of benzene rings is 1. The summed E-state index contributed by atoms with van der Waals surface area (Å²) in [5, 5.41) is 0. The fourth-order valence-electron chi connectivity index (χ4n) is 2.14. The van der Waals surface area contributed by atoms with Crippen LogP contribution in [0.1, 0.15) is 12.3 Å². The molecule has 7 heteroatoms. The van der Waals surface area contributed by atoms with Gasteiger partial charge in [0.1, 0.15) is 5.52 Å². The molecular weight excluding hydrogens is 292 g/mol. The predicted octanol–water partition coefficient (Wildman–Crippen LogP) is 2.44. The molecule has 2 heterocycles. The smallest absolute Gasteiger partial charge is 0.264 e. The molecule has 0 saturated carbocycles. The van der Waals surface area contributed by atoms with E-state index in [2.05, 4.69) is 4.98 Å². The van der Waals surface area contributed by atoms with Gasteiger partial charge in [-0.1, -0.05) is 0 Å². The predicted molar refractivity (Wildman–Crippen MR) is 78.1 cm³/mol. The quantitative estimate of drug-likeness (QED) is 0.732. The van der Waals surface area contributed by atoms with Crippen LogP contribution in [0.4, 0.5) is 0 Å². The molecule has 3 aromatic rings. The molecule has 3 rings (SSSR count). The first kappa shape index (κ1) is 13.8. The minimum Gasteiger partial charge on any atom is -0.441 e. The van der Waals surface area contributed by atoms with Crippen molar-refractivity contribution in [1.29, 1.82) is 0 Å². The topological polar surface area (TPSA) is 85.3 Å². The van der Waals surface area contributed by atoms with Gasteiger partial charge in [0, 0.05) is 24.5 Å². The van der Waals surface area contributed by atoms with Crippen molar-refractivity contribution in [2.24, 2.45) is 0 Å². The van der Waals surface area contributed by atoms with Crippen LogP contribution < -0.4 is 0 Å². The molecule has 0 aliphatic rings. The maximum Gasteiger partial charge on any atom is 0.264 e. The Hall–Kier alpha value is -2.12. The molecule has 0 spiro atoms. The SMILES string of the molecule is O=S(=O)(O)CCCc1nc2cc(-n3cccc3)ccc2o1. The van der Waals surface area contributed by atoms with Gasteiger partial charge in [0.05, 0.1) is 5.75 Å². The third-order valence-electron chi connectivity index (χ3n) is 3.11. The minimum atomic E-state index is -3.93. The van der Waals surface area contributed by atoms with Gasteiger partial charge in [-0.15, -0.1) is 0 Å². The zero-order chi connectivity index (χ0) is 14.9. The number of oxazole rings is 1. The summed E-state index contributed by atoms with van der Waals surface area (Å²) in [7, 11) is -3.93. The maximum absolute atomic E-state index is 10.7. The molecule has 1 N–H and O–H groups in total. The summed E-state index contributed by atoms with van der Waals surface area (Å²) in [6.07, 6.45) is 4.52. The molecule has 0 radical (unpaired) electrons. The third kappa shape index (κ3) is 3.32. The van der Waals surface area contributed by atoms with E-state index in [-0.39, 0.29) is 12.2 Å². The number of hydrogen-bond donors (Lipinski definition) is 1. The molecule has 0 saturated heterocycles. The third-order valence-corrected chi connectivity index (χ3v) is 3.92.